The molecule has 2 amide bonds. The van der Waals surface area contributed by atoms with Gasteiger partial charge in [0.25, 0.3) is 5.91 Å². The second-order valence-electron chi connectivity index (χ2n) is 4.97. The first-order valence-electron chi connectivity index (χ1n) is 6.90. The fourth-order valence-electron chi connectivity index (χ4n) is 1.99. The highest BCUT2D eigenvalue weighted by atomic mass is 32.1. The second kappa shape index (κ2) is 6.65. The molecule has 10 heteroatoms. The maximum atomic E-state index is 12.6. The first kappa shape index (κ1) is 17.4. The number of thiazole rings is 1. The molecule has 1 N–H and O–H groups in total. The molecule has 126 valence electrons. The van der Waals surface area contributed by atoms with Crippen LogP contribution in [-0.4, -0.2) is 34.6 Å². The topological polar surface area (TPSA) is 74.7 Å². The van der Waals surface area contributed by atoms with E-state index in [1.807, 2.05) is 0 Å². The molecule has 0 spiro atoms. The molecule has 0 radical (unpaired) electrons. The largest absolute Gasteiger partial charge is 0.434 e. The van der Waals surface area contributed by atoms with Crippen LogP contribution in [0.1, 0.15) is 42.9 Å². The number of hydrogen-bond donors (Lipinski definition) is 1. The van der Waals surface area contributed by atoms with E-state index in [1.165, 1.54) is 7.05 Å². The van der Waals surface area contributed by atoms with Crippen molar-refractivity contribution >= 4 is 28.9 Å². The number of hydrazone groups is 1. The van der Waals surface area contributed by atoms with E-state index in [4.69, 9.17) is 0 Å². The fourth-order valence-corrected chi connectivity index (χ4v) is 2.95. The zero-order valence-electron chi connectivity index (χ0n) is 12.5. The van der Waals surface area contributed by atoms with Gasteiger partial charge >= 0.3 is 6.18 Å². The molecule has 1 atom stereocenters. The maximum Gasteiger partial charge on any atom is 0.434 e. The number of aromatic nitrogens is 1. The minimum atomic E-state index is -4.51. The van der Waals surface area contributed by atoms with Crippen molar-refractivity contribution < 1.29 is 22.8 Å². The Hall–Kier alpha value is -1.97. The zero-order chi connectivity index (χ0) is 17.2. The van der Waals surface area contributed by atoms with Crippen molar-refractivity contribution in [2.24, 2.45) is 5.10 Å². The van der Waals surface area contributed by atoms with Crippen molar-refractivity contribution in [2.45, 2.75) is 38.4 Å². The molecule has 1 aromatic rings. The van der Waals surface area contributed by atoms with Gasteiger partial charge in [-0.25, -0.2) is 9.99 Å². The molecule has 1 aromatic heterocycles. The molecular weight excluding hydrogens is 333 g/mol. The van der Waals surface area contributed by atoms with Crippen LogP contribution < -0.4 is 5.32 Å². The first-order chi connectivity index (χ1) is 10.7. The molecule has 23 heavy (non-hydrogen) atoms. The molecule has 0 unspecified atom stereocenters. The van der Waals surface area contributed by atoms with Gasteiger partial charge in [0.05, 0.1) is 6.04 Å². The third kappa shape index (κ3) is 4.06. The SMILES string of the molecule is CC[C@H](NC(=O)C1=NN(C)C(=O)CC1)c1nc(C(F)(F)F)cs1. The van der Waals surface area contributed by atoms with E-state index < -0.39 is 23.8 Å². The van der Waals surface area contributed by atoms with Crippen molar-refractivity contribution in [3.63, 3.8) is 0 Å². The summed E-state index contributed by atoms with van der Waals surface area (Å²) in [6.07, 6.45) is -3.74. The summed E-state index contributed by atoms with van der Waals surface area (Å²) in [5.74, 6) is -0.691. The predicted molar refractivity (Wildman–Crippen MR) is 77.7 cm³/mol. The lowest BCUT2D eigenvalue weighted by Gasteiger charge is -2.21. The summed E-state index contributed by atoms with van der Waals surface area (Å²) in [5, 5.41) is 8.71. The van der Waals surface area contributed by atoms with Gasteiger partial charge in [-0.1, -0.05) is 6.92 Å². The average molecular weight is 348 g/mol. The molecule has 6 nitrogen and oxygen atoms in total. The number of amides is 2. The highest BCUT2D eigenvalue weighted by Gasteiger charge is 2.34. The van der Waals surface area contributed by atoms with Crippen molar-refractivity contribution in [3.05, 3.63) is 16.1 Å². The Morgan fingerprint density at radius 3 is 2.70 bits per heavy atom. The smallest absolute Gasteiger partial charge is 0.342 e. The van der Waals surface area contributed by atoms with Gasteiger partial charge in [-0.15, -0.1) is 11.3 Å². The number of carbonyl (C=O) groups is 2. The minimum absolute atomic E-state index is 0.176. The van der Waals surface area contributed by atoms with Crippen molar-refractivity contribution in [3.8, 4) is 0 Å². The summed E-state index contributed by atoms with van der Waals surface area (Å²) >= 11 is 0.848. The number of alkyl halides is 3. The molecule has 0 saturated heterocycles. The summed E-state index contributed by atoms with van der Waals surface area (Å²) in [7, 11) is 1.45. The van der Waals surface area contributed by atoms with Gasteiger partial charge in [-0.2, -0.15) is 18.3 Å². The maximum absolute atomic E-state index is 12.6. The summed E-state index contributed by atoms with van der Waals surface area (Å²) in [5.41, 5.74) is -0.788. The Morgan fingerprint density at radius 1 is 1.48 bits per heavy atom. The van der Waals surface area contributed by atoms with Gasteiger partial charge < -0.3 is 5.32 Å². The summed E-state index contributed by atoms with van der Waals surface area (Å²) in [4.78, 5) is 27.1. The Balaban J connectivity index is 2.10. The van der Waals surface area contributed by atoms with Crippen LogP contribution in [0.2, 0.25) is 0 Å². The lowest BCUT2D eigenvalue weighted by Crippen LogP contribution is -2.39. The molecular formula is C13H15F3N4O2S. The third-order valence-corrected chi connectivity index (χ3v) is 4.25. The molecule has 1 aliphatic rings. The van der Waals surface area contributed by atoms with Gasteiger partial charge in [-0.3, -0.25) is 9.59 Å². The van der Waals surface area contributed by atoms with E-state index >= 15 is 0 Å². The van der Waals surface area contributed by atoms with Crippen LogP contribution in [0, 0.1) is 0 Å². The second-order valence-corrected chi connectivity index (χ2v) is 5.86. The number of nitrogens with one attached hydrogen (secondary N) is 1. The highest BCUT2D eigenvalue weighted by molar-refractivity contribution is 7.09. The van der Waals surface area contributed by atoms with Gasteiger partial charge in [0.2, 0.25) is 5.91 Å². The predicted octanol–water partition coefficient (Wildman–Crippen LogP) is 2.34. The van der Waals surface area contributed by atoms with Crippen molar-refractivity contribution in [1.29, 1.82) is 0 Å². The van der Waals surface area contributed by atoms with Crippen molar-refractivity contribution in [2.75, 3.05) is 7.05 Å². The minimum Gasteiger partial charge on any atom is -0.342 e. The van der Waals surface area contributed by atoms with E-state index in [2.05, 4.69) is 15.4 Å². The molecule has 0 aromatic carbocycles. The van der Waals surface area contributed by atoms with Gasteiger partial charge in [0, 0.05) is 25.3 Å². The van der Waals surface area contributed by atoms with E-state index in [-0.39, 0.29) is 29.5 Å². The number of halogens is 3. The number of carbonyl (C=O) groups excluding carboxylic acids is 2. The van der Waals surface area contributed by atoms with Crippen LogP contribution in [0.5, 0.6) is 0 Å². The van der Waals surface area contributed by atoms with Gasteiger partial charge in [-0.05, 0) is 6.42 Å². The van der Waals surface area contributed by atoms with E-state index in [0.29, 0.717) is 6.42 Å². The zero-order valence-corrected chi connectivity index (χ0v) is 13.3. The summed E-state index contributed by atoms with van der Waals surface area (Å²) in [6, 6.07) is -0.630. The van der Waals surface area contributed by atoms with Crippen LogP contribution in [0.15, 0.2) is 10.5 Å². The van der Waals surface area contributed by atoms with Crippen LogP contribution in [0.3, 0.4) is 0 Å². The molecule has 0 aliphatic carbocycles. The summed E-state index contributed by atoms with van der Waals surface area (Å²) < 4.78 is 37.8. The number of rotatable bonds is 4. The molecule has 0 bridgehead atoms. The van der Waals surface area contributed by atoms with Crippen LogP contribution in [0.25, 0.3) is 0 Å². The lowest BCUT2D eigenvalue weighted by molar-refractivity contribution is -0.140. The monoisotopic (exact) mass is 348 g/mol. The van der Waals surface area contributed by atoms with Crippen molar-refractivity contribution in [1.82, 2.24) is 15.3 Å². The molecule has 0 fully saturated rings. The standard InChI is InChI=1S/C13H15F3N4O2S/c1-3-7(12-18-9(6-23-12)13(14,15)16)17-11(22)8-4-5-10(21)20(2)19-8/h6-7H,3-5H2,1-2H3,(H,17,22)/t7-/m0/s1. The van der Waals surface area contributed by atoms with Gasteiger partial charge in [0.15, 0.2) is 5.69 Å². The molecule has 2 heterocycles. The molecule has 2 rings (SSSR count). The molecule has 0 saturated carbocycles. The van der Waals surface area contributed by atoms with Crippen LogP contribution >= 0.6 is 11.3 Å². The lowest BCUT2D eigenvalue weighted by atomic mass is 10.1. The number of hydrogen-bond acceptors (Lipinski definition) is 5. The summed E-state index contributed by atoms with van der Waals surface area (Å²) in [6.45, 7) is 1.73. The Morgan fingerprint density at radius 2 is 2.17 bits per heavy atom. The fraction of sp³-hybridized carbons (Fsp3) is 0.538. The van der Waals surface area contributed by atoms with Crippen LogP contribution in [-0.2, 0) is 15.8 Å². The Bertz CT molecular complexity index is 641. The highest BCUT2D eigenvalue weighted by Crippen LogP contribution is 2.32. The first-order valence-corrected chi connectivity index (χ1v) is 7.77. The Kier molecular flexibility index (Phi) is 5.03. The third-order valence-electron chi connectivity index (χ3n) is 3.29. The van der Waals surface area contributed by atoms with Crippen LogP contribution in [0.4, 0.5) is 13.2 Å². The Labute approximate surface area is 134 Å². The van der Waals surface area contributed by atoms with E-state index in [9.17, 15) is 22.8 Å². The quantitative estimate of drug-likeness (QED) is 0.907. The van der Waals surface area contributed by atoms with E-state index in [0.717, 1.165) is 21.7 Å². The van der Waals surface area contributed by atoms with E-state index in [1.54, 1.807) is 6.92 Å². The molecule has 1 aliphatic heterocycles. The normalized spacial score (nSPS) is 17.0. The average Bonchev–Trinajstić information content (AvgIpc) is 2.97. The van der Waals surface area contributed by atoms with Gasteiger partial charge in [0.1, 0.15) is 10.7 Å². The number of nitrogens with zero attached hydrogens (tertiary/aromatic N) is 3.